The molecule has 0 spiro atoms. The van der Waals surface area contributed by atoms with Gasteiger partial charge in [-0.1, -0.05) is 18.2 Å². The highest BCUT2D eigenvalue weighted by molar-refractivity contribution is 6.04. The zero-order valence-corrected chi connectivity index (χ0v) is 11.4. The second kappa shape index (κ2) is 6.60. The number of nitrogens with one attached hydrogen (secondary N) is 2. The molecule has 1 heterocycles. The van der Waals surface area contributed by atoms with Gasteiger partial charge in [0.25, 0.3) is 5.91 Å². The van der Waals surface area contributed by atoms with E-state index in [9.17, 15) is 14.0 Å². The average Bonchev–Trinajstić information content (AvgIpc) is 2.49. The van der Waals surface area contributed by atoms with E-state index in [1.54, 1.807) is 24.3 Å². The van der Waals surface area contributed by atoms with Gasteiger partial charge in [-0.3, -0.25) is 9.59 Å². The number of hydrogen-bond donors (Lipinski definition) is 2. The van der Waals surface area contributed by atoms with Crippen LogP contribution in [0.25, 0.3) is 0 Å². The van der Waals surface area contributed by atoms with Gasteiger partial charge in [-0.05, 0) is 23.8 Å². The molecule has 0 fully saturated rings. The third-order valence-corrected chi connectivity index (χ3v) is 2.90. The highest BCUT2D eigenvalue weighted by atomic mass is 19.1. The smallest absolute Gasteiger partial charge is 0.260 e. The molecule has 0 aliphatic heterocycles. The van der Waals surface area contributed by atoms with Crippen LogP contribution >= 0.6 is 0 Å². The molecule has 0 atom stereocenters. The molecule has 0 aliphatic carbocycles. The summed E-state index contributed by atoms with van der Waals surface area (Å²) in [5.41, 5.74) is 0.969. The lowest BCUT2D eigenvalue weighted by Gasteiger charge is -2.10. The minimum Gasteiger partial charge on any atom is -0.359 e. The third-order valence-electron chi connectivity index (χ3n) is 2.90. The number of carbonyl (C=O) groups excluding carboxylic acids is 2. The summed E-state index contributed by atoms with van der Waals surface area (Å²) in [5, 5.41) is 5.11. The number of amides is 2. The first-order valence-corrected chi connectivity index (χ1v) is 6.32. The maximum absolute atomic E-state index is 13.5. The summed E-state index contributed by atoms with van der Waals surface area (Å²) in [6, 6.07) is 9.70. The number of carbonyl (C=O) groups is 2. The molecule has 0 aliphatic rings. The van der Waals surface area contributed by atoms with Crippen LogP contribution < -0.4 is 10.6 Å². The molecule has 0 unspecified atom stereocenters. The van der Waals surface area contributed by atoms with E-state index in [1.807, 2.05) is 0 Å². The first-order valence-electron chi connectivity index (χ1n) is 6.32. The quantitative estimate of drug-likeness (QED) is 0.842. The second-order valence-corrected chi connectivity index (χ2v) is 4.30. The number of likely N-dealkylation sites (N-methyl/N-ethyl adjacent to an activating group) is 1. The summed E-state index contributed by atoms with van der Waals surface area (Å²) >= 11 is 0. The number of halogens is 1. The Hall–Kier alpha value is -2.76. The van der Waals surface area contributed by atoms with E-state index in [1.165, 1.54) is 25.4 Å². The Morgan fingerprint density at radius 1 is 1.19 bits per heavy atom. The Kier molecular flexibility index (Phi) is 4.61. The van der Waals surface area contributed by atoms with Crippen molar-refractivity contribution in [2.75, 3.05) is 12.4 Å². The van der Waals surface area contributed by atoms with E-state index in [2.05, 4.69) is 15.6 Å². The first kappa shape index (κ1) is 14.6. The van der Waals surface area contributed by atoms with Crippen molar-refractivity contribution in [1.29, 1.82) is 0 Å². The van der Waals surface area contributed by atoms with E-state index >= 15 is 0 Å². The van der Waals surface area contributed by atoms with E-state index in [0.717, 1.165) is 0 Å². The van der Waals surface area contributed by atoms with Crippen LogP contribution in [-0.4, -0.2) is 23.8 Å². The number of hydrogen-bond acceptors (Lipinski definition) is 3. The molecular formula is C15H14FN3O2. The number of pyridine rings is 1. The van der Waals surface area contributed by atoms with Gasteiger partial charge in [0.15, 0.2) is 0 Å². The largest absolute Gasteiger partial charge is 0.359 e. The summed E-state index contributed by atoms with van der Waals surface area (Å²) in [7, 11) is 1.54. The molecule has 2 amide bonds. The van der Waals surface area contributed by atoms with Crippen molar-refractivity contribution in [3.8, 4) is 0 Å². The maximum atomic E-state index is 13.5. The molecule has 2 rings (SSSR count). The molecule has 6 heteroatoms. The van der Waals surface area contributed by atoms with Crippen molar-refractivity contribution in [3.63, 3.8) is 0 Å². The number of aromatic nitrogens is 1. The number of anilines is 1. The molecule has 1 aromatic carbocycles. The average molecular weight is 287 g/mol. The minimum absolute atomic E-state index is 0.127. The monoisotopic (exact) mass is 287 g/mol. The van der Waals surface area contributed by atoms with Crippen LogP contribution in [0.15, 0.2) is 42.6 Å². The van der Waals surface area contributed by atoms with Gasteiger partial charge in [-0.15, -0.1) is 0 Å². The fourth-order valence-electron chi connectivity index (χ4n) is 1.80. The van der Waals surface area contributed by atoms with Crippen molar-refractivity contribution in [1.82, 2.24) is 10.3 Å². The highest BCUT2D eigenvalue weighted by Gasteiger charge is 2.14. The summed E-state index contributed by atoms with van der Waals surface area (Å²) in [6.07, 6.45) is 1.40. The topological polar surface area (TPSA) is 71.1 Å². The molecule has 108 valence electrons. The van der Waals surface area contributed by atoms with Gasteiger partial charge in [-0.25, -0.2) is 4.98 Å². The molecule has 0 radical (unpaired) electrons. The Bertz CT molecular complexity index is 673. The number of rotatable bonds is 4. The van der Waals surface area contributed by atoms with Crippen LogP contribution in [0.1, 0.15) is 15.9 Å². The summed E-state index contributed by atoms with van der Waals surface area (Å²) < 4.78 is 13.5. The lowest BCUT2D eigenvalue weighted by atomic mass is 10.1. The van der Waals surface area contributed by atoms with Crippen molar-refractivity contribution in [3.05, 3.63) is 59.7 Å². The zero-order valence-electron chi connectivity index (χ0n) is 11.4. The Morgan fingerprint density at radius 3 is 2.67 bits per heavy atom. The summed E-state index contributed by atoms with van der Waals surface area (Å²) in [6.45, 7) is 0. The SMILES string of the molecule is CNC(=O)Cc1ccccc1NC(=O)c1cccnc1F. The van der Waals surface area contributed by atoms with Crippen LogP contribution in [0.5, 0.6) is 0 Å². The fraction of sp³-hybridized carbons (Fsp3) is 0.133. The van der Waals surface area contributed by atoms with E-state index in [4.69, 9.17) is 0 Å². The van der Waals surface area contributed by atoms with Crippen LogP contribution in [0.3, 0.4) is 0 Å². The highest BCUT2D eigenvalue weighted by Crippen LogP contribution is 2.17. The normalized spacial score (nSPS) is 10.0. The summed E-state index contributed by atoms with van der Waals surface area (Å²) in [5.74, 6) is -1.62. The van der Waals surface area contributed by atoms with Gasteiger partial charge in [0.2, 0.25) is 11.9 Å². The van der Waals surface area contributed by atoms with E-state index < -0.39 is 11.9 Å². The second-order valence-electron chi connectivity index (χ2n) is 4.30. The van der Waals surface area contributed by atoms with Crippen LogP contribution in [-0.2, 0) is 11.2 Å². The van der Waals surface area contributed by atoms with Gasteiger partial charge in [0.1, 0.15) is 0 Å². The Labute approximate surface area is 121 Å². The zero-order chi connectivity index (χ0) is 15.2. The predicted octanol–water partition coefficient (Wildman–Crippen LogP) is 1.76. The molecule has 21 heavy (non-hydrogen) atoms. The molecule has 5 nitrogen and oxygen atoms in total. The van der Waals surface area contributed by atoms with Crippen LogP contribution in [0, 0.1) is 5.95 Å². The third kappa shape index (κ3) is 3.62. The van der Waals surface area contributed by atoms with Gasteiger partial charge in [0.05, 0.1) is 12.0 Å². The lowest BCUT2D eigenvalue weighted by Crippen LogP contribution is -2.21. The predicted molar refractivity (Wildman–Crippen MR) is 76.4 cm³/mol. The fourth-order valence-corrected chi connectivity index (χ4v) is 1.80. The van der Waals surface area contributed by atoms with Crippen LogP contribution in [0.4, 0.5) is 10.1 Å². The summed E-state index contributed by atoms with van der Waals surface area (Å²) in [4.78, 5) is 26.9. The number of benzene rings is 1. The van der Waals surface area contributed by atoms with Crippen molar-refractivity contribution in [2.24, 2.45) is 0 Å². The van der Waals surface area contributed by atoms with Crippen molar-refractivity contribution < 1.29 is 14.0 Å². The van der Waals surface area contributed by atoms with Crippen molar-refractivity contribution >= 4 is 17.5 Å². The number of para-hydroxylation sites is 1. The molecule has 2 N–H and O–H groups in total. The number of nitrogens with zero attached hydrogens (tertiary/aromatic N) is 1. The standard InChI is InChI=1S/C15H14FN3O2/c1-17-13(20)9-10-5-2-3-7-12(10)19-15(21)11-6-4-8-18-14(11)16/h2-8H,9H2,1H3,(H,17,20)(H,19,21). The molecule has 0 saturated heterocycles. The molecule has 2 aromatic rings. The molecule has 1 aromatic heterocycles. The van der Waals surface area contributed by atoms with Gasteiger partial charge in [0, 0.05) is 18.9 Å². The Balaban J connectivity index is 2.22. The minimum atomic E-state index is -0.834. The first-order chi connectivity index (χ1) is 10.1. The maximum Gasteiger partial charge on any atom is 0.260 e. The Morgan fingerprint density at radius 2 is 1.95 bits per heavy atom. The lowest BCUT2D eigenvalue weighted by molar-refractivity contribution is -0.119. The van der Waals surface area contributed by atoms with E-state index in [-0.39, 0.29) is 17.9 Å². The molecular weight excluding hydrogens is 273 g/mol. The van der Waals surface area contributed by atoms with Gasteiger partial charge in [-0.2, -0.15) is 4.39 Å². The van der Waals surface area contributed by atoms with Crippen LogP contribution in [0.2, 0.25) is 0 Å². The van der Waals surface area contributed by atoms with Crippen molar-refractivity contribution in [2.45, 2.75) is 6.42 Å². The van der Waals surface area contributed by atoms with Gasteiger partial charge >= 0.3 is 0 Å². The van der Waals surface area contributed by atoms with Gasteiger partial charge < -0.3 is 10.6 Å². The molecule has 0 bridgehead atoms. The molecule has 0 saturated carbocycles. The van der Waals surface area contributed by atoms with E-state index in [0.29, 0.717) is 11.3 Å².